The van der Waals surface area contributed by atoms with Crippen LogP contribution in [0.3, 0.4) is 0 Å². The molecule has 0 aromatic heterocycles. The maximum absolute atomic E-state index is 10.1. The summed E-state index contributed by atoms with van der Waals surface area (Å²) in [7, 11) is 0. The number of hydrogen-bond acceptors (Lipinski definition) is 2. The van der Waals surface area contributed by atoms with Crippen molar-refractivity contribution in [1.82, 2.24) is 4.84 Å². The minimum Gasteiger partial charge on any atom is -0.390 e. The highest BCUT2D eigenvalue weighted by Gasteiger charge is 2.31. The van der Waals surface area contributed by atoms with Crippen molar-refractivity contribution in [2.45, 2.75) is 51.0 Å². The Kier molecular flexibility index (Phi) is 4.50. The Bertz CT molecular complexity index is 144. The molecule has 0 unspecified atom stereocenters. The van der Waals surface area contributed by atoms with Crippen LogP contribution in [0.4, 0.5) is 0 Å². The molecule has 0 aliphatic heterocycles. The zero-order valence-electron chi connectivity index (χ0n) is 8.35. The molecule has 0 heterocycles. The van der Waals surface area contributed by atoms with Crippen molar-refractivity contribution in [3.8, 4) is 0 Å². The first-order valence-electron chi connectivity index (χ1n) is 5.26. The predicted octanol–water partition coefficient (Wildman–Crippen LogP) is 2.45. The van der Waals surface area contributed by atoms with Crippen LogP contribution >= 0.6 is 11.8 Å². The first-order chi connectivity index (χ1) is 6.20. The summed E-state index contributed by atoms with van der Waals surface area (Å²) in [4.78, 5) is 2.69. The second-order valence-electron chi connectivity index (χ2n) is 4.26. The third kappa shape index (κ3) is 3.45. The van der Waals surface area contributed by atoms with Crippen LogP contribution in [0.25, 0.3) is 0 Å². The lowest BCUT2D eigenvalue weighted by Gasteiger charge is -2.35. The van der Waals surface area contributed by atoms with Crippen LogP contribution in [-0.2, 0) is 0 Å². The summed E-state index contributed by atoms with van der Waals surface area (Å²) in [5, 5.41) is 10.1. The van der Waals surface area contributed by atoms with Crippen molar-refractivity contribution < 1.29 is 5.11 Å². The van der Waals surface area contributed by atoms with Crippen molar-refractivity contribution >= 4 is 11.8 Å². The van der Waals surface area contributed by atoms with Crippen LogP contribution in [0.15, 0.2) is 0 Å². The van der Waals surface area contributed by atoms with Crippen molar-refractivity contribution in [3.05, 3.63) is 0 Å². The molecule has 1 aliphatic rings. The molecule has 0 saturated heterocycles. The zero-order chi connectivity index (χ0) is 9.73. The molecule has 0 radical (unpaired) electrons. The number of rotatable bonds is 4. The molecule has 2 nitrogen and oxygen atoms in total. The van der Waals surface area contributed by atoms with E-state index in [1.54, 1.807) is 0 Å². The van der Waals surface area contributed by atoms with E-state index in [2.05, 4.69) is 11.8 Å². The number of halogens is 1. The molecule has 0 aromatic rings. The lowest BCUT2D eigenvalue weighted by molar-refractivity contribution is -0.0163. The molecule has 2 N–H and O–H groups in total. The van der Waals surface area contributed by atoms with Gasteiger partial charge < -0.3 is 5.11 Å². The Morgan fingerprint density at radius 1 is 1.46 bits per heavy atom. The van der Waals surface area contributed by atoms with Gasteiger partial charge in [-0.2, -0.15) is 0 Å². The third-order valence-corrected chi connectivity index (χ3v) is 3.27. The van der Waals surface area contributed by atoms with E-state index in [1.165, 1.54) is 0 Å². The second-order valence-corrected chi connectivity index (χ2v) is 4.52. The Morgan fingerprint density at radius 3 is 2.54 bits per heavy atom. The second kappa shape index (κ2) is 5.18. The van der Waals surface area contributed by atoms with Gasteiger partial charge in [0.1, 0.15) is 0 Å². The van der Waals surface area contributed by atoms with Gasteiger partial charge in [0.25, 0.3) is 0 Å². The highest BCUT2D eigenvalue weighted by Crippen LogP contribution is 2.34. The van der Waals surface area contributed by atoms with Crippen molar-refractivity contribution in [2.75, 3.05) is 6.54 Å². The van der Waals surface area contributed by atoms with E-state index in [9.17, 15) is 5.11 Å². The van der Waals surface area contributed by atoms with Crippen LogP contribution in [0.5, 0.6) is 0 Å². The summed E-state index contributed by atoms with van der Waals surface area (Å²) in [6.45, 7) is 3.01. The van der Waals surface area contributed by atoms with Gasteiger partial charge in [-0.3, -0.25) is 0 Å². The third-order valence-electron chi connectivity index (χ3n) is 3.12. The molecule has 13 heavy (non-hydrogen) atoms. The molecule has 0 spiro atoms. The molecule has 0 amide bonds. The fraction of sp³-hybridized carbons (Fsp3) is 1.00. The van der Waals surface area contributed by atoms with Gasteiger partial charge in [-0.05, 0) is 49.8 Å². The minimum absolute atomic E-state index is 0.364. The highest BCUT2D eigenvalue weighted by atomic mass is 35.5. The van der Waals surface area contributed by atoms with E-state index < -0.39 is 0 Å². The lowest BCUT2D eigenvalue weighted by atomic mass is 9.77. The van der Waals surface area contributed by atoms with E-state index in [0.717, 1.165) is 45.1 Å². The Morgan fingerprint density at radius 2 is 2.08 bits per heavy atom. The number of nitrogens with one attached hydrogen (secondary N) is 1. The van der Waals surface area contributed by atoms with E-state index >= 15 is 0 Å². The lowest BCUT2D eigenvalue weighted by Crippen LogP contribution is -2.35. The summed E-state index contributed by atoms with van der Waals surface area (Å²) in [6, 6.07) is 0. The molecule has 78 valence electrons. The first kappa shape index (κ1) is 11.3. The SMILES string of the molecule is CCCC1(O)CCC(CNCl)CC1. The summed E-state index contributed by atoms with van der Waals surface area (Å²) in [5.74, 6) is 0.662. The summed E-state index contributed by atoms with van der Waals surface area (Å²) in [6.07, 6.45) is 6.14. The molecule has 3 heteroatoms. The largest absolute Gasteiger partial charge is 0.390 e. The average Bonchev–Trinajstić information content (AvgIpc) is 2.10. The van der Waals surface area contributed by atoms with Gasteiger partial charge in [-0.15, -0.1) is 0 Å². The van der Waals surface area contributed by atoms with Crippen molar-refractivity contribution in [1.29, 1.82) is 0 Å². The van der Waals surface area contributed by atoms with Crippen LogP contribution in [0.2, 0.25) is 0 Å². The molecular formula is C10H20ClNO. The van der Waals surface area contributed by atoms with Gasteiger partial charge in [0, 0.05) is 6.54 Å². The predicted molar refractivity (Wildman–Crippen MR) is 55.7 cm³/mol. The highest BCUT2D eigenvalue weighted by molar-refractivity contribution is 6.13. The molecular weight excluding hydrogens is 186 g/mol. The van der Waals surface area contributed by atoms with Gasteiger partial charge in [-0.25, -0.2) is 4.84 Å². The summed E-state index contributed by atoms with van der Waals surface area (Å²) >= 11 is 5.45. The summed E-state index contributed by atoms with van der Waals surface area (Å²) in [5.41, 5.74) is -0.364. The molecule has 1 rings (SSSR count). The quantitative estimate of drug-likeness (QED) is 0.692. The number of aliphatic hydroxyl groups is 1. The Hall–Kier alpha value is 0.210. The zero-order valence-corrected chi connectivity index (χ0v) is 9.11. The normalized spacial score (nSPS) is 34.8. The van der Waals surface area contributed by atoms with Gasteiger partial charge in [-0.1, -0.05) is 13.3 Å². The fourth-order valence-electron chi connectivity index (χ4n) is 2.24. The summed E-state index contributed by atoms with van der Waals surface area (Å²) < 4.78 is 0. The van der Waals surface area contributed by atoms with Gasteiger partial charge >= 0.3 is 0 Å². The van der Waals surface area contributed by atoms with Gasteiger partial charge in [0.15, 0.2) is 0 Å². The molecule has 1 fully saturated rings. The van der Waals surface area contributed by atoms with E-state index in [1.807, 2.05) is 0 Å². The first-order valence-corrected chi connectivity index (χ1v) is 5.64. The van der Waals surface area contributed by atoms with Crippen LogP contribution < -0.4 is 4.84 Å². The molecule has 0 atom stereocenters. The molecule has 1 saturated carbocycles. The molecule has 0 bridgehead atoms. The van der Waals surface area contributed by atoms with Crippen LogP contribution in [0, 0.1) is 5.92 Å². The maximum Gasteiger partial charge on any atom is 0.0648 e. The standard InChI is InChI=1S/C10H20ClNO/c1-2-5-10(13)6-3-9(4-7-10)8-12-11/h9,12-13H,2-8H2,1H3. The Balaban J connectivity index is 2.28. The average molecular weight is 206 g/mol. The maximum atomic E-state index is 10.1. The van der Waals surface area contributed by atoms with Gasteiger partial charge in [0.2, 0.25) is 0 Å². The molecule has 0 aromatic carbocycles. The molecule has 1 aliphatic carbocycles. The van der Waals surface area contributed by atoms with Crippen molar-refractivity contribution in [3.63, 3.8) is 0 Å². The fourth-order valence-corrected chi connectivity index (χ4v) is 2.46. The van der Waals surface area contributed by atoms with E-state index in [-0.39, 0.29) is 5.60 Å². The minimum atomic E-state index is -0.364. The monoisotopic (exact) mass is 205 g/mol. The smallest absolute Gasteiger partial charge is 0.0648 e. The topological polar surface area (TPSA) is 32.3 Å². The van der Waals surface area contributed by atoms with E-state index in [4.69, 9.17) is 11.8 Å². The van der Waals surface area contributed by atoms with E-state index in [0.29, 0.717) is 5.92 Å². The van der Waals surface area contributed by atoms with Crippen molar-refractivity contribution in [2.24, 2.45) is 5.92 Å². The Labute approximate surface area is 85.8 Å². The van der Waals surface area contributed by atoms with Gasteiger partial charge in [0.05, 0.1) is 5.60 Å². The van der Waals surface area contributed by atoms with Crippen LogP contribution in [-0.4, -0.2) is 17.3 Å². The van der Waals surface area contributed by atoms with Crippen LogP contribution in [0.1, 0.15) is 45.4 Å². The number of hydrogen-bond donors (Lipinski definition) is 2.